The number of fused-ring (bicyclic) bond motifs is 1. The number of nitrogens with zero attached hydrogens (tertiary/aromatic N) is 3. The molecule has 1 N–H and O–H groups in total. The van der Waals surface area contributed by atoms with Gasteiger partial charge in [-0.15, -0.1) is 0 Å². The Kier molecular flexibility index (Phi) is 4.21. The molecule has 1 fully saturated rings. The van der Waals surface area contributed by atoms with Crippen LogP contribution in [-0.4, -0.2) is 38.7 Å². The molecule has 0 radical (unpaired) electrons. The van der Waals surface area contributed by atoms with Crippen molar-refractivity contribution in [2.75, 3.05) is 13.1 Å². The molecule has 1 aromatic heterocycles. The zero-order valence-electron chi connectivity index (χ0n) is 13.6. The number of carbonyl (C=O) groups is 1. The molecule has 1 saturated heterocycles. The Morgan fingerprint density at radius 3 is 2.68 bits per heavy atom. The van der Waals surface area contributed by atoms with Crippen molar-refractivity contribution in [3.8, 4) is 11.4 Å². The van der Waals surface area contributed by atoms with Crippen LogP contribution in [0.25, 0.3) is 22.4 Å². The number of hydrogen-bond donors (Lipinski definition) is 1. The molecule has 0 unspecified atom stereocenters. The largest absolute Gasteiger partial charge is 0.465 e. The molecule has 5 nitrogen and oxygen atoms in total. The molecule has 0 saturated carbocycles. The highest BCUT2D eigenvalue weighted by atomic mass is 79.9. The van der Waals surface area contributed by atoms with E-state index in [1.807, 2.05) is 30.3 Å². The lowest BCUT2D eigenvalue weighted by Crippen LogP contribution is -2.27. The van der Waals surface area contributed by atoms with Crippen LogP contribution in [0.5, 0.6) is 0 Å². The number of carboxylic acid groups (broad SMARTS) is 1. The Bertz CT molecular complexity index is 920. The number of amides is 1. The molecule has 3 aromatic rings. The maximum atomic E-state index is 11.2. The van der Waals surface area contributed by atoms with Gasteiger partial charge in [0.15, 0.2) is 0 Å². The number of para-hydroxylation sites is 2. The summed E-state index contributed by atoms with van der Waals surface area (Å²) in [7, 11) is 0. The van der Waals surface area contributed by atoms with E-state index >= 15 is 0 Å². The molecular formula is C19H18BrN3O2. The molecule has 4 rings (SSSR count). The van der Waals surface area contributed by atoms with Crippen LogP contribution in [0.3, 0.4) is 0 Å². The van der Waals surface area contributed by atoms with E-state index in [1.165, 1.54) is 4.90 Å². The van der Waals surface area contributed by atoms with Gasteiger partial charge >= 0.3 is 6.09 Å². The van der Waals surface area contributed by atoms with Gasteiger partial charge in [-0.1, -0.05) is 40.2 Å². The summed E-state index contributed by atoms with van der Waals surface area (Å²) in [5.41, 5.74) is 3.12. The third-order valence-corrected chi connectivity index (χ3v) is 5.28. The van der Waals surface area contributed by atoms with E-state index in [4.69, 9.17) is 4.98 Å². The highest BCUT2D eigenvalue weighted by Gasteiger charge is 2.27. The van der Waals surface area contributed by atoms with Crippen LogP contribution >= 0.6 is 15.9 Å². The van der Waals surface area contributed by atoms with E-state index in [0.29, 0.717) is 19.0 Å². The van der Waals surface area contributed by atoms with Crippen molar-refractivity contribution in [1.82, 2.24) is 14.5 Å². The average molecular weight is 400 g/mol. The summed E-state index contributed by atoms with van der Waals surface area (Å²) in [6, 6.07) is 16.2. The number of aromatic nitrogens is 2. The van der Waals surface area contributed by atoms with Crippen molar-refractivity contribution in [3.05, 3.63) is 53.0 Å². The molecule has 128 valence electrons. The van der Waals surface area contributed by atoms with Crippen LogP contribution in [0.2, 0.25) is 0 Å². The van der Waals surface area contributed by atoms with Gasteiger partial charge in [0.1, 0.15) is 5.82 Å². The van der Waals surface area contributed by atoms with Crippen molar-refractivity contribution in [3.63, 3.8) is 0 Å². The first-order valence-corrected chi connectivity index (χ1v) is 9.10. The Labute approximate surface area is 154 Å². The van der Waals surface area contributed by atoms with E-state index in [-0.39, 0.29) is 0 Å². The second-order valence-corrected chi connectivity index (χ2v) is 7.34. The first-order valence-electron chi connectivity index (χ1n) is 8.31. The minimum absolute atomic E-state index is 0.308. The molecule has 2 aromatic carbocycles. The predicted octanol–water partition coefficient (Wildman–Crippen LogP) is 4.47. The topological polar surface area (TPSA) is 58.4 Å². The van der Waals surface area contributed by atoms with Gasteiger partial charge in [0.2, 0.25) is 0 Å². The Hall–Kier alpha value is -2.34. The summed E-state index contributed by atoms with van der Waals surface area (Å²) in [6.45, 7) is 1.97. The number of halogens is 1. The minimum Gasteiger partial charge on any atom is -0.465 e. The quantitative estimate of drug-likeness (QED) is 0.706. The summed E-state index contributed by atoms with van der Waals surface area (Å²) in [5, 5.41) is 9.19. The van der Waals surface area contributed by atoms with Crippen molar-refractivity contribution < 1.29 is 9.90 Å². The molecule has 6 heteroatoms. The number of benzene rings is 2. The molecule has 0 aliphatic carbocycles. The number of likely N-dealkylation sites (tertiary alicyclic amines) is 1. The lowest BCUT2D eigenvalue weighted by atomic mass is 10.1. The smallest absolute Gasteiger partial charge is 0.407 e. The fraction of sp³-hybridized carbons (Fsp3) is 0.263. The van der Waals surface area contributed by atoms with Crippen LogP contribution in [0.4, 0.5) is 4.79 Å². The van der Waals surface area contributed by atoms with E-state index < -0.39 is 6.09 Å². The van der Waals surface area contributed by atoms with Crippen molar-refractivity contribution in [2.24, 2.45) is 5.92 Å². The standard InChI is InChI=1S/C19H18BrN3O2/c20-15-7-5-14(6-8-15)18-21-16-3-1-2-4-17(16)23(18)12-13-9-10-22(11-13)19(24)25/h1-8,13H,9-12H2,(H,24,25)/t13-/m0/s1. The number of rotatable bonds is 3. The third kappa shape index (κ3) is 3.14. The van der Waals surface area contributed by atoms with Gasteiger partial charge < -0.3 is 14.6 Å². The molecule has 1 aliphatic heterocycles. The summed E-state index contributed by atoms with van der Waals surface area (Å²) in [5.74, 6) is 1.24. The van der Waals surface area contributed by atoms with Crippen LogP contribution in [0.15, 0.2) is 53.0 Å². The zero-order chi connectivity index (χ0) is 17.4. The van der Waals surface area contributed by atoms with Gasteiger partial charge in [-0.05, 0) is 36.6 Å². The Morgan fingerprint density at radius 2 is 1.96 bits per heavy atom. The zero-order valence-corrected chi connectivity index (χ0v) is 15.2. The van der Waals surface area contributed by atoms with Crippen LogP contribution in [0, 0.1) is 5.92 Å². The van der Waals surface area contributed by atoms with Gasteiger partial charge in [-0.3, -0.25) is 0 Å². The van der Waals surface area contributed by atoms with Crippen LogP contribution in [0.1, 0.15) is 6.42 Å². The fourth-order valence-corrected chi connectivity index (χ4v) is 3.76. The monoisotopic (exact) mass is 399 g/mol. The molecule has 1 amide bonds. The van der Waals surface area contributed by atoms with Crippen molar-refractivity contribution >= 4 is 33.1 Å². The van der Waals surface area contributed by atoms with Crippen LogP contribution < -0.4 is 0 Å². The molecule has 25 heavy (non-hydrogen) atoms. The SMILES string of the molecule is O=C(O)N1CC[C@H](Cn2c(-c3ccc(Br)cc3)nc3ccccc32)C1. The second-order valence-electron chi connectivity index (χ2n) is 6.42. The first kappa shape index (κ1) is 16.1. The van der Waals surface area contributed by atoms with Gasteiger partial charge in [0, 0.05) is 29.7 Å². The normalized spacial score (nSPS) is 17.3. The van der Waals surface area contributed by atoms with Gasteiger partial charge in [-0.25, -0.2) is 9.78 Å². The van der Waals surface area contributed by atoms with E-state index in [1.54, 1.807) is 0 Å². The Balaban J connectivity index is 1.72. The summed E-state index contributed by atoms with van der Waals surface area (Å²) in [6.07, 6.45) is 0.0598. The van der Waals surface area contributed by atoms with E-state index in [9.17, 15) is 9.90 Å². The molecule has 1 aliphatic rings. The van der Waals surface area contributed by atoms with Gasteiger partial charge in [-0.2, -0.15) is 0 Å². The Morgan fingerprint density at radius 1 is 1.20 bits per heavy atom. The van der Waals surface area contributed by atoms with E-state index in [0.717, 1.165) is 39.9 Å². The lowest BCUT2D eigenvalue weighted by Gasteiger charge is -2.15. The third-order valence-electron chi connectivity index (χ3n) is 4.75. The number of imidazole rings is 1. The summed E-state index contributed by atoms with van der Waals surface area (Å²) >= 11 is 3.47. The van der Waals surface area contributed by atoms with Crippen molar-refractivity contribution in [1.29, 1.82) is 0 Å². The molecular weight excluding hydrogens is 382 g/mol. The van der Waals surface area contributed by atoms with Gasteiger partial charge in [0.25, 0.3) is 0 Å². The maximum Gasteiger partial charge on any atom is 0.407 e. The summed E-state index contributed by atoms with van der Waals surface area (Å²) in [4.78, 5) is 17.5. The highest BCUT2D eigenvalue weighted by molar-refractivity contribution is 9.10. The van der Waals surface area contributed by atoms with Crippen LogP contribution in [-0.2, 0) is 6.54 Å². The maximum absolute atomic E-state index is 11.2. The molecule has 0 spiro atoms. The predicted molar refractivity (Wildman–Crippen MR) is 101 cm³/mol. The second kappa shape index (κ2) is 6.52. The average Bonchev–Trinajstić information content (AvgIpc) is 3.22. The van der Waals surface area contributed by atoms with E-state index in [2.05, 4.69) is 38.7 Å². The molecule has 2 heterocycles. The lowest BCUT2D eigenvalue weighted by molar-refractivity contribution is 0.153. The van der Waals surface area contributed by atoms with Crippen molar-refractivity contribution in [2.45, 2.75) is 13.0 Å². The molecule has 1 atom stereocenters. The molecule has 0 bridgehead atoms. The first-order chi connectivity index (χ1) is 12.1. The van der Waals surface area contributed by atoms with Gasteiger partial charge in [0.05, 0.1) is 11.0 Å². The highest BCUT2D eigenvalue weighted by Crippen LogP contribution is 2.29. The number of hydrogen-bond acceptors (Lipinski definition) is 2. The summed E-state index contributed by atoms with van der Waals surface area (Å²) < 4.78 is 3.26. The minimum atomic E-state index is -0.828. The fourth-order valence-electron chi connectivity index (χ4n) is 3.49.